The zero-order valence-electron chi connectivity index (χ0n) is 19.2. The second-order valence-corrected chi connectivity index (χ2v) is 11.1. The minimum absolute atomic E-state index is 0.204. The Kier molecular flexibility index (Phi) is 9.41. The predicted molar refractivity (Wildman–Crippen MR) is 158 cm³/mol. The maximum absolute atomic E-state index is 12.5. The molecule has 1 aliphatic heterocycles. The summed E-state index contributed by atoms with van der Waals surface area (Å²) in [6, 6.07) is 15.3. The van der Waals surface area contributed by atoms with Crippen LogP contribution < -0.4 is 14.8 Å². The van der Waals surface area contributed by atoms with Crippen molar-refractivity contribution in [3.05, 3.63) is 94.8 Å². The molecule has 1 saturated heterocycles. The number of carbonyl (C=O) groups excluding carboxylic acids is 2. The molecular formula is C26H18Cl3IN2O4S. The van der Waals surface area contributed by atoms with Crippen LogP contribution in [0.3, 0.4) is 0 Å². The minimum atomic E-state index is -0.476. The van der Waals surface area contributed by atoms with Crippen LogP contribution in [0.25, 0.3) is 6.08 Å². The maximum Gasteiger partial charge on any atom is 0.279 e. The van der Waals surface area contributed by atoms with Gasteiger partial charge in [0, 0.05) is 26.2 Å². The van der Waals surface area contributed by atoms with Gasteiger partial charge in [-0.05, 0) is 101 Å². The van der Waals surface area contributed by atoms with E-state index >= 15 is 0 Å². The van der Waals surface area contributed by atoms with E-state index < -0.39 is 5.91 Å². The molecule has 190 valence electrons. The molecular weight excluding hydrogens is 670 g/mol. The molecule has 2 amide bonds. The second-order valence-electron chi connectivity index (χ2n) is 7.58. The third-order valence-electron chi connectivity index (χ3n) is 4.96. The van der Waals surface area contributed by atoms with Gasteiger partial charge < -0.3 is 14.8 Å². The standard InChI is InChI=1S/C26H18Cl3IN2O4S/c1-2-35-21-10-14(9-20(30)23(21)36-13-16-5-8-18(28)12-19(16)29)11-22-25(34)32-26(37-22)31-24(33)15-3-6-17(27)7-4-15/h3-12H,2,13H2,1H3,(H,31,32,33,34)/b22-11-. The number of hydrogen-bond acceptors (Lipinski definition) is 5. The molecule has 3 aromatic rings. The molecule has 0 aliphatic carbocycles. The van der Waals surface area contributed by atoms with Gasteiger partial charge in [0.15, 0.2) is 16.7 Å². The fraction of sp³-hybridized carbons (Fsp3) is 0.115. The molecule has 1 N–H and O–H groups in total. The van der Waals surface area contributed by atoms with Gasteiger partial charge in [-0.2, -0.15) is 4.99 Å². The Bertz CT molecular complexity index is 1430. The van der Waals surface area contributed by atoms with E-state index in [4.69, 9.17) is 44.3 Å². The Morgan fingerprint density at radius 1 is 1.05 bits per heavy atom. The van der Waals surface area contributed by atoms with E-state index in [9.17, 15) is 9.59 Å². The highest BCUT2D eigenvalue weighted by molar-refractivity contribution is 14.1. The fourth-order valence-electron chi connectivity index (χ4n) is 3.24. The predicted octanol–water partition coefficient (Wildman–Crippen LogP) is 7.63. The molecule has 6 nitrogen and oxygen atoms in total. The molecule has 4 rings (SSSR count). The van der Waals surface area contributed by atoms with Crippen molar-refractivity contribution in [1.29, 1.82) is 0 Å². The van der Waals surface area contributed by atoms with Crippen LogP contribution in [-0.4, -0.2) is 23.6 Å². The Balaban J connectivity index is 1.54. The SMILES string of the molecule is CCOc1cc(/C=C2\SC(=NC(=O)c3ccc(Cl)cc3)NC2=O)cc(I)c1OCc1ccc(Cl)cc1Cl. The van der Waals surface area contributed by atoms with Crippen LogP contribution in [0, 0.1) is 3.57 Å². The quantitative estimate of drug-likeness (QED) is 0.204. The molecule has 1 aliphatic rings. The number of rotatable bonds is 7. The number of aliphatic imine (C=N–C) groups is 1. The smallest absolute Gasteiger partial charge is 0.279 e. The lowest BCUT2D eigenvalue weighted by Crippen LogP contribution is -2.20. The van der Waals surface area contributed by atoms with Crippen LogP contribution in [-0.2, 0) is 11.4 Å². The molecule has 1 heterocycles. The van der Waals surface area contributed by atoms with E-state index in [2.05, 4.69) is 32.9 Å². The first kappa shape index (κ1) is 27.8. The van der Waals surface area contributed by atoms with Crippen molar-refractivity contribution in [2.24, 2.45) is 4.99 Å². The van der Waals surface area contributed by atoms with Gasteiger partial charge in [0.05, 0.1) is 15.1 Å². The van der Waals surface area contributed by atoms with Gasteiger partial charge in [-0.15, -0.1) is 0 Å². The van der Waals surface area contributed by atoms with Crippen molar-refractivity contribution in [3.63, 3.8) is 0 Å². The molecule has 11 heteroatoms. The van der Waals surface area contributed by atoms with E-state index in [1.54, 1.807) is 48.5 Å². The number of benzene rings is 3. The molecule has 0 bridgehead atoms. The van der Waals surface area contributed by atoms with Crippen molar-refractivity contribution in [1.82, 2.24) is 5.32 Å². The van der Waals surface area contributed by atoms with Crippen LogP contribution in [0.2, 0.25) is 15.1 Å². The monoisotopic (exact) mass is 686 g/mol. The fourth-order valence-corrected chi connectivity index (χ4v) is 5.43. The molecule has 1 fully saturated rings. The average molecular weight is 688 g/mol. The summed E-state index contributed by atoms with van der Waals surface area (Å²) in [5.74, 6) is 0.269. The third kappa shape index (κ3) is 7.20. The molecule has 37 heavy (non-hydrogen) atoms. The summed E-state index contributed by atoms with van der Waals surface area (Å²) in [4.78, 5) is 29.4. The number of nitrogens with one attached hydrogen (secondary N) is 1. The summed E-state index contributed by atoms with van der Waals surface area (Å²) in [6.45, 7) is 2.53. The molecule has 0 unspecified atom stereocenters. The van der Waals surface area contributed by atoms with Gasteiger partial charge in [0.25, 0.3) is 11.8 Å². The second kappa shape index (κ2) is 12.5. The van der Waals surface area contributed by atoms with Crippen molar-refractivity contribution >= 4 is 92.2 Å². The molecule has 0 radical (unpaired) electrons. The Labute approximate surface area is 246 Å². The van der Waals surface area contributed by atoms with Gasteiger partial charge in [0.1, 0.15) is 6.61 Å². The summed E-state index contributed by atoms with van der Waals surface area (Å²) in [5, 5.41) is 4.41. The molecule has 3 aromatic carbocycles. The van der Waals surface area contributed by atoms with E-state index in [0.29, 0.717) is 43.6 Å². The maximum atomic E-state index is 12.5. The number of ether oxygens (including phenoxy) is 2. The number of amides is 2. The van der Waals surface area contributed by atoms with E-state index in [-0.39, 0.29) is 17.7 Å². The van der Waals surface area contributed by atoms with Crippen LogP contribution in [0.15, 0.2) is 64.5 Å². The molecule has 0 aromatic heterocycles. The Morgan fingerprint density at radius 3 is 2.49 bits per heavy atom. The molecule has 0 spiro atoms. The first-order valence-electron chi connectivity index (χ1n) is 10.9. The van der Waals surface area contributed by atoms with Gasteiger partial charge >= 0.3 is 0 Å². The van der Waals surface area contributed by atoms with Crippen LogP contribution in [0.1, 0.15) is 28.4 Å². The lowest BCUT2D eigenvalue weighted by atomic mass is 10.1. The third-order valence-corrected chi connectivity index (χ3v) is 7.51. The van der Waals surface area contributed by atoms with Crippen molar-refractivity contribution in [2.75, 3.05) is 6.61 Å². The van der Waals surface area contributed by atoms with E-state index in [0.717, 1.165) is 26.5 Å². The average Bonchev–Trinajstić information content (AvgIpc) is 3.18. The molecule has 0 saturated carbocycles. The van der Waals surface area contributed by atoms with Gasteiger partial charge in [-0.1, -0.05) is 40.9 Å². The summed E-state index contributed by atoms with van der Waals surface area (Å²) >= 11 is 21.4. The lowest BCUT2D eigenvalue weighted by Gasteiger charge is -2.15. The highest BCUT2D eigenvalue weighted by Crippen LogP contribution is 2.37. The van der Waals surface area contributed by atoms with Crippen molar-refractivity contribution in [3.8, 4) is 11.5 Å². The van der Waals surface area contributed by atoms with Crippen LogP contribution >= 0.6 is 69.2 Å². The Hall–Kier alpha value is -2.24. The first-order chi connectivity index (χ1) is 17.7. The summed E-state index contributed by atoms with van der Waals surface area (Å²) < 4.78 is 12.7. The summed E-state index contributed by atoms with van der Waals surface area (Å²) in [5.41, 5.74) is 1.89. The highest BCUT2D eigenvalue weighted by atomic mass is 127. The number of halogens is 4. The lowest BCUT2D eigenvalue weighted by molar-refractivity contribution is -0.115. The summed E-state index contributed by atoms with van der Waals surface area (Å²) in [6.07, 6.45) is 1.71. The van der Waals surface area contributed by atoms with E-state index in [1.807, 2.05) is 19.1 Å². The molecule has 0 atom stereocenters. The van der Waals surface area contributed by atoms with E-state index in [1.165, 1.54) is 0 Å². The zero-order chi connectivity index (χ0) is 26.5. The number of thioether (sulfide) groups is 1. The first-order valence-corrected chi connectivity index (χ1v) is 13.9. The highest BCUT2D eigenvalue weighted by Gasteiger charge is 2.25. The number of carbonyl (C=O) groups is 2. The number of hydrogen-bond donors (Lipinski definition) is 1. The van der Waals surface area contributed by atoms with Crippen LogP contribution in [0.5, 0.6) is 11.5 Å². The topological polar surface area (TPSA) is 77.0 Å². The van der Waals surface area contributed by atoms with Gasteiger partial charge in [-0.3, -0.25) is 9.59 Å². The number of amidine groups is 1. The summed E-state index contributed by atoms with van der Waals surface area (Å²) in [7, 11) is 0. The van der Waals surface area contributed by atoms with Gasteiger partial charge in [0.2, 0.25) is 0 Å². The van der Waals surface area contributed by atoms with Crippen molar-refractivity contribution in [2.45, 2.75) is 13.5 Å². The largest absolute Gasteiger partial charge is 0.490 e. The Morgan fingerprint density at radius 2 is 1.78 bits per heavy atom. The zero-order valence-corrected chi connectivity index (χ0v) is 24.4. The van der Waals surface area contributed by atoms with Crippen molar-refractivity contribution < 1.29 is 19.1 Å². The number of nitrogens with zero attached hydrogens (tertiary/aromatic N) is 1. The minimum Gasteiger partial charge on any atom is -0.490 e. The normalized spacial score (nSPS) is 15.2. The van der Waals surface area contributed by atoms with Crippen LogP contribution in [0.4, 0.5) is 0 Å². The van der Waals surface area contributed by atoms with Gasteiger partial charge in [-0.25, -0.2) is 0 Å².